The van der Waals surface area contributed by atoms with Crippen molar-refractivity contribution in [2.24, 2.45) is 0 Å². The van der Waals surface area contributed by atoms with Gasteiger partial charge in [-0.3, -0.25) is 0 Å². The summed E-state index contributed by atoms with van der Waals surface area (Å²) in [5.41, 5.74) is 1.63. The Kier molecular flexibility index (Phi) is 5.65. The van der Waals surface area contributed by atoms with E-state index in [0.29, 0.717) is 11.3 Å². The van der Waals surface area contributed by atoms with Gasteiger partial charge in [-0.15, -0.1) is 0 Å². The van der Waals surface area contributed by atoms with Crippen molar-refractivity contribution in [2.45, 2.75) is 20.8 Å². The van der Waals surface area contributed by atoms with Gasteiger partial charge >= 0.3 is 5.97 Å². The standard InChI is InChI=1S/C14H12O2.C2H6/c1-11-6-5-9-13(10-11)16-14(15)12-7-3-2-4-8-12;1-2/h2-10H,1H3;1-2H3. The summed E-state index contributed by atoms with van der Waals surface area (Å²) in [7, 11) is 0. The van der Waals surface area contributed by atoms with E-state index < -0.39 is 0 Å². The first-order valence-corrected chi connectivity index (χ1v) is 6.09. The van der Waals surface area contributed by atoms with Crippen LogP contribution in [-0.4, -0.2) is 5.97 Å². The average Bonchev–Trinajstić information content (AvgIpc) is 2.42. The van der Waals surface area contributed by atoms with Crippen LogP contribution in [0.5, 0.6) is 5.75 Å². The molecule has 0 aliphatic heterocycles. The Morgan fingerprint density at radius 1 is 0.944 bits per heavy atom. The Bertz CT molecular complexity index is 489. The molecule has 0 heterocycles. The third kappa shape index (κ3) is 4.06. The summed E-state index contributed by atoms with van der Waals surface area (Å²) < 4.78 is 5.24. The number of esters is 1. The molecule has 0 aliphatic carbocycles. The van der Waals surface area contributed by atoms with Crippen LogP contribution in [0.2, 0.25) is 0 Å². The van der Waals surface area contributed by atoms with Crippen LogP contribution >= 0.6 is 0 Å². The molecule has 0 atom stereocenters. The van der Waals surface area contributed by atoms with Gasteiger partial charge in [0.15, 0.2) is 0 Å². The Morgan fingerprint density at radius 2 is 1.61 bits per heavy atom. The van der Waals surface area contributed by atoms with Crippen LogP contribution in [0.4, 0.5) is 0 Å². The molecule has 0 aromatic heterocycles. The second kappa shape index (κ2) is 7.28. The Balaban J connectivity index is 0.000000771. The lowest BCUT2D eigenvalue weighted by molar-refractivity contribution is 0.0735. The molecule has 0 radical (unpaired) electrons. The van der Waals surface area contributed by atoms with E-state index in [1.807, 2.05) is 57.2 Å². The monoisotopic (exact) mass is 242 g/mol. The van der Waals surface area contributed by atoms with Crippen LogP contribution < -0.4 is 4.74 Å². The SMILES string of the molecule is CC.Cc1cccc(OC(=O)c2ccccc2)c1. The maximum atomic E-state index is 11.7. The van der Waals surface area contributed by atoms with Crippen LogP contribution in [0.15, 0.2) is 54.6 Å². The van der Waals surface area contributed by atoms with Crippen molar-refractivity contribution in [2.75, 3.05) is 0 Å². The van der Waals surface area contributed by atoms with Gasteiger partial charge < -0.3 is 4.74 Å². The number of carbonyl (C=O) groups excluding carboxylic acids is 1. The lowest BCUT2D eigenvalue weighted by atomic mass is 10.2. The first kappa shape index (κ1) is 14.0. The van der Waals surface area contributed by atoms with E-state index in [4.69, 9.17) is 4.74 Å². The molecule has 0 fully saturated rings. The maximum absolute atomic E-state index is 11.7. The highest BCUT2D eigenvalue weighted by atomic mass is 16.5. The highest BCUT2D eigenvalue weighted by Crippen LogP contribution is 2.14. The predicted molar refractivity (Wildman–Crippen MR) is 73.9 cm³/mol. The lowest BCUT2D eigenvalue weighted by Crippen LogP contribution is -2.07. The van der Waals surface area contributed by atoms with Crippen molar-refractivity contribution in [3.05, 3.63) is 65.7 Å². The second-order valence-electron chi connectivity index (χ2n) is 3.57. The Hall–Kier alpha value is -2.09. The van der Waals surface area contributed by atoms with Gasteiger partial charge in [0.2, 0.25) is 0 Å². The van der Waals surface area contributed by atoms with E-state index in [2.05, 4.69) is 0 Å². The summed E-state index contributed by atoms with van der Waals surface area (Å²) in [5.74, 6) is 0.250. The highest BCUT2D eigenvalue weighted by molar-refractivity contribution is 5.90. The molecule has 2 rings (SSSR count). The van der Waals surface area contributed by atoms with Crippen molar-refractivity contribution in [1.82, 2.24) is 0 Å². The molecule has 0 unspecified atom stereocenters. The zero-order valence-electron chi connectivity index (χ0n) is 11.0. The summed E-state index contributed by atoms with van der Waals surface area (Å²) in [6, 6.07) is 16.4. The summed E-state index contributed by atoms with van der Waals surface area (Å²) in [6.45, 7) is 5.96. The number of hydrogen-bond donors (Lipinski definition) is 0. The minimum Gasteiger partial charge on any atom is -0.423 e. The molecule has 2 aromatic rings. The molecule has 0 bridgehead atoms. The fraction of sp³-hybridized carbons (Fsp3) is 0.188. The highest BCUT2D eigenvalue weighted by Gasteiger charge is 2.06. The quantitative estimate of drug-likeness (QED) is 0.581. The molecule has 2 nitrogen and oxygen atoms in total. The number of ether oxygens (including phenoxy) is 1. The van der Waals surface area contributed by atoms with Crippen molar-refractivity contribution < 1.29 is 9.53 Å². The van der Waals surface area contributed by atoms with Gasteiger partial charge in [-0.2, -0.15) is 0 Å². The van der Waals surface area contributed by atoms with Gasteiger partial charge in [-0.1, -0.05) is 44.2 Å². The van der Waals surface area contributed by atoms with Gasteiger partial charge in [0.05, 0.1) is 5.56 Å². The molecule has 0 saturated heterocycles. The van der Waals surface area contributed by atoms with E-state index in [1.54, 1.807) is 18.2 Å². The van der Waals surface area contributed by atoms with E-state index in [-0.39, 0.29) is 5.97 Å². The summed E-state index contributed by atoms with van der Waals surface area (Å²) in [5, 5.41) is 0. The minimum atomic E-state index is -0.328. The van der Waals surface area contributed by atoms with Gasteiger partial charge in [0.25, 0.3) is 0 Å². The van der Waals surface area contributed by atoms with Crippen molar-refractivity contribution in [1.29, 1.82) is 0 Å². The van der Waals surface area contributed by atoms with Crippen LogP contribution in [-0.2, 0) is 0 Å². The van der Waals surface area contributed by atoms with Crippen molar-refractivity contribution in [3.8, 4) is 5.75 Å². The lowest BCUT2D eigenvalue weighted by Gasteiger charge is -2.04. The van der Waals surface area contributed by atoms with E-state index in [1.165, 1.54) is 0 Å². The maximum Gasteiger partial charge on any atom is 0.343 e. The number of carbonyl (C=O) groups is 1. The topological polar surface area (TPSA) is 26.3 Å². The second-order valence-corrected chi connectivity index (χ2v) is 3.57. The number of benzene rings is 2. The zero-order chi connectivity index (χ0) is 13.4. The molecular weight excluding hydrogens is 224 g/mol. The summed E-state index contributed by atoms with van der Waals surface area (Å²) in [4.78, 5) is 11.7. The van der Waals surface area contributed by atoms with E-state index >= 15 is 0 Å². The third-order valence-corrected chi connectivity index (χ3v) is 2.21. The fourth-order valence-electron chi connectivity index (χ4n) is 1.42. The summed E-state index contributed by atoms with van der Waals surface area (Å²) >= 11 is 0. The summed E-state index contributed by atoms with van der Waals surface area (Å²) in [6.07, 6.45) is 0. The molecule has 2 heteroatoms. The van der Waals surface area contributed by atoms with Gasteiger partial charge in [-0.25, -0.2) is 4.79 Å². The zero-order valence-corrected chi connectivity index (χ0v) is 11.0. The molecule has 18 heavy (non-hydrogen) atoms. The van der Waals surface area contributed by atoms with Crippen molar-refractivity contribution in [3.63, 3.8) is 0 Å². The average molecular weight is 242 g/mol. The number of hydrogen-bond acceptors (Lipinski definition) is 2. The smallest absolute Gasteiger partial charge is 0.343 e. The fourth-order valence-corrected chi connectivity index (χ4v) is 1.42. The first-order valence-electron chi connectivity index (χ1n) is 6.09. The van der Waals surface area contributed by atoms with Crippen LogP contribution in [0.3, 0.4) is 0 Å². The molecule has 2 aromatic carbocycles. The van der Waals surface area contributed by atoms with Crippen LogP contribution in [0.25, 0.3) is 0 Å². The Morgan fingerprint density at radius 3 is 2.22 bits per heavy atom. The molecular formula is C16H18O2. The Labute approximate surface area is 108 Å². The van der Waals surface area contributed by atoms with Gasteiger partial charge in [-0.05, 0) is 36.8 Å². The third-order valence-electron chi connectivity index (χ3n) is 2.21. The van der Waals surface area contributed by atoms with Crippen LogP contribution in [0.1, 0.15) is 29.8 Å². The minimum absolute atomic E-state index is 0.328. The largest absolute Gasteiger partial charge is 0.423 e. The molecule has 0 saturated carbocycles. The molecule has 0 amide bonds. The predicted octanol–water partition coefficient (Wildman–Crippen LogP) is 4.24. The molecule has 0 spiro atoms. The normalized spacial score (nSPS) is 9.06. The number of rotatable bonds is 2. The van der Waals surface area contributed by atoms with Gasteiger partial charge in [0.1, 0.15) is 5.75 Å². The first-order chi connectivity index (χ1) is 8.75. The molecule has 94 valence electrons. The van der Waals surface area contributed by atoms with Crippen molar-refractivity contribution >= 4 is 5.97 Å². The van der Waals surface area contributed by atoms with E-state index in [0.717, 1.165) is 5.56 Å². The van der Waals surface area contributed by atoms with Crippen LogP contribution in [0, 0.1) is 6.92 Å². The van der Waals surface area contributed by atoms with Gasteiger partial charge in [0, 0.05) is 0 Å². The van der Waals surface area contributed by atoms with E-state index in [9.17, 15) is 4.79 Å². The molecule has 0 N–H and O–H groups in total. The number of aryl methyl sites for hydroxylation is 1. The molecule has 0 aliphatic rings.